The van der Waals surface area contributed by atoms with E-state index in [-0.39, 0.29) is 0 Å². The van der Waals surface area contributed by atoms with Gasteiger partial charge < -0.3 is 15.2 Å². The fraction of sp³-hybridized carbons (Fsp3) is 0.389. The number of nitriles is 1. The number of imidazole rings is 1. The van der Waals surface area contributed by atoms with Crippen molar-refractivity contribution in [2.45, 2.75) is 40.7 Å². The number of guanidine groups is 1. The second-order valence-corrected chi connectivity index (χ2v) is 5.99. The molecule has 24 heavy (non-hydrogen) atoms. The number of aromatic nitrogens is 2. The van der Waals surface area contributed by atoms with E-state index in [1.807, 2.05) is 39.5 Å². The maximum Gasteiger partial charge on any atom is 0.211 e. The van der Waals surface area contributed by atoms with Gasteiger partial charge in [-0.3, -0.25) is 0 Å². The first-order valence-corrected chi connectivity index (χ1v) is 8.03. The molecule has 0 amide bonds. The number of benzene rings is 1. The molecular weight excluding hydrogens is 300 g/mol. The Hall–Kier alpha value is -2.81. The molecule has 0 saturated heterocycles. The summed E-state index contributed by atoms with van der Waals surface area (Å²) in [4.78, 5) is 8.06. The largest absolute Gasteiger partial charge is 0.355 e. The van der Waals surface area contributed by atoms with Crippen molar-refractivity contribution in [2.24, 2.45) is 4.99 Å². The summed E-state index contributed by atoms with van der Waals surface area (Å²) < 4.78 is 2.06. The molecule has 2 aromatic rings. The van der Waals surface area contributed by atoms with E-state index < -0.39 is 0 Å². The second kappa shape index (κ2) is 8.16. The van der Waals surface area contributed by atoms with Crippen molar-refractivity contribution in [3.05, 3.63) is 47.0 Å². The first-order chi connectivity index (χ1) is 11.5. The molecule has 2 N–H and O–H groups in total. The van der Waals surface area contributed by atoms with Crippen molar-refractivity contribution in [1.29, 1.82) is 5.26 Å². The summed E-state index contributed by atoms with van der Waals surface area (Å²) in [5.74, 6) is 0.481. The summed E-state index contributed by atoms with van der Waals surface area (Å²) >= 11 is 0. The van der Waals surface area contributed by atoms with E-state index in [4.69, 9.17) is 5.26 Å². The smallest absolute Gasteiger partial charge is 0.211 e. The Kier molecular flexibility index (Phi) is 5.96. The van der Waals surface area contributed by atoms with Crippen molar-refractivity contribution in [3.8, 4) is 6.19 Å². The molecule has 0 spiro atoms. The van der Waals surface area contributed by atoms with Crippen LogP contribution < -0.4 is 10.6 Å². The average Bonchev–Trinajstić information content (AvgIpc) is 2.92. The van der Waals surface area contributed by atoms with E-state index in [9.17, 15) is 0 Å². The molecule has 2 rings (SSSR count). The molecule has 0 atom stereocenters. The highest BCUT2D eigenvalue weighted by molar-refractivity contribution is 5.95. The summed E-state index contributed by atoms with van der Waals surface area (Å²) in [5, 5.41) is 15.3. The summed E-state index contributed by atoms with van der Waals surface area (Å²) in [6, 6.07) is 4.22. The monoisotopic (exact) mass is 324 g/mol. The Morgan fingerprint density at radius 2 is 1.96 bits per heavy atom. The first-order valence-electron chi connectivity index (χ1n) is 8.03. The van der Waals surface area contributed by atoms with Crippen molar-refractivity contribution in [1.82, 2.24) is 14.9 Å². The Balaban J connectivity index is 1.93. The summed E-state index contributed by atoms with van der Waals surface area (Å²) in [6.45, 7) is 9.74. The predicted octanol–water partition coefficient (Wildman–Crippen LogP) is 3.05. The Morgan fingerprint density at radius 3 is 2.54 bits per heavy atom. The molecule has 0 bridgehead atoms. The quantitative estimate of drug-likeness (QED) is 0.383. The van der Waals surface area contributed by atoms with Crippen LogP contribution in [0.25, 0.3) is 0 Å². The lowest BCUT2D eigenvalue weighted by Crippen LogP contribution is -2.32. The van der Waals surface area contributed by atoms with E-state index in [1.54, 1.807) is 0 Å². The molecule has 0 aliphatic rings. The van der Waals surface area contributed by atoms with Gasteiger partial charge in [0.05, 0.1) is 12.0 Å². The SMILES string of the molecule is Cc1cc(C)c(N/C(=N/C#N)NCCCn2cnc(C)c2)c(C)c1. The van der Waals surface area contributed by atoms with Crippen LogP contribution in [0.1, 0.15) is 28.8 Å². The van der Waals surface area contributed by atoms with Gasteiger partial charge in [-0.15, -0.1) is 4.99 Å². The molecule has 6 heteroatoms. The molecule has 0 unspecified atom stereocenters. The maximum atomic E-state index is 8.90. The molecule has 6 nitrogen and oxygen atoms in total. The van der Waals surface area contributed by atoms with Gasteiger partial charge in [-0.05, 0) is 45.2 Å². The fourth-order valence-electron chi connectivity index (χ4n) is 2.72. The minimum atomic E-state index is 0.481. The Labute approximate surface area is 143 Å². The average molecular weight is 324 g/mol. The molecule has 0 saturated carbocycles. The fourth-order valence-corrected chi connectivity index (χ4v) is 2.72. The van der Waals surface area contributed by atoms with E-state index in [1.165, 1.54) is 5.56 Å². The summed E-state index contributed by atoms with van der Waals surface area (Å²) in [5.41, 5.74) is 5.49. The number of nitrogens with zero attached hydrogens (tertiary/aromatic N) is 4. The highest BCUT2D eigenvalue weighted by atomic mass is 15.2. The van der Waals surface area contributed by atoms with Crippen LogP contribution in [0, 0.1) is 39.1 Å². The lowest BCUT2D eigenvalue weighted by Gasteiger charge is -2.16. The standard InChI is InChI=1S/C18H24N6/c1-13-8-14(2)17(15(3)9-13)23-18(21-11-19)20-6-5-7-24-10-16(4)22-12-24/h8-10,12H,5-7H2,1-4H3,(H2,20,21,23). The van der Waals surface area contributed by atoms with Gasteiger partial charge in [-0.1, -0.05) is 17.7 Å². The van der Waals surface area contributed by atoms with Crippen LogP contribution in [0.15, 0.2) is 29.6 Å². The molecule has 1 aromatic carbocycles. The molecule has 0 aliphatic carbocycles. The number of aliphatic imine (C=N–C) groups is 1. The zero-order valence-electron chi connectivity index (χ0n) is 14.7. The van der Waals surface area contributed by atoms with Crippen LogP contribution in [0.3, 0.4) is 0 Å². The Morgan fingerprint density at radius 1 is 1.25 bits per heavy atom. The van der Waals surface area contributed by atoms with Gasteiger partial charge in [-0.25, -0.2) is 4.98 Å². The highest BCUT2D eigenvalue weighted by Crippen LogP contribution is 2.21. The zero-order valence-corrected chi connectivity index (χ0v) is 14.7. The highest BCUT2D eigenvalue weighted by Gasteiger charge is 2.07. The van der Waals surface area contributed by atoms with Crippen molar-refractivity contribution < 1.29 is 0 Å². The third-order valence-corrected chi connectivity index (χ3v) is 3.73. The molecule has 0 fully saturated rings. The molecule has 0 radical (unpaired) electrons. The summed E-state index contributed by atoms with van der Waals surface area (Å²) in [7, 11) is 0. The van der Waals surface area contributed by atoms with Crippen LogP contribution in [0.4, 0.5) is 5.69 Å². The van der Waals surface area contributed by atoms with Gasteiger partial charge in [0.2, 0.25) is 12.2 Å². The molecule has 126 valence electrons. The Bertz CT molecular complexity index is 743. The number of anilines is 1. The number of hydrogen-bond donors (Lipinski definition) is 2. The molecular formula is C18H24N6. The van der Waals surface area contributed by atoms with E-state index in [0.29, 0.717) is 12.5 Å². The van der Waals surface area contributed by atoms with Crippen LogP contribution in [0.2, 0.25) is 0 Å². The van der Waals surface area contributed by atoms with Crippen LogP contribution >= 0.6 is 0 Å². The lowest BCUT2D eigenvalue weighted by atomic mass is 10.1. The summed E-state index contributed by atoms with van der Waals surface area (Å²) in [6.07, 6.45) is 6.60. The predicted molar refractivity (Wildman–Crippen MR) is 96.9 cm³/mol. The van der Waals surface area contributed by atoms with Gasteiger partial charge in [-0.2, -0.15) is 5.26 Å². The number of aryl methyl sites for hydroxylation is 5. The van der Waals surface area contributed by atoms with Crippen LogP contribution in [-0.2, 0) is 6.54 Å². The van der Waals surface area contributed by atoms with Gasteiger partial charge >= 0.3 is 0 Å². The first kappa shape index (κ1) is 17.5. The minimum Gasteiger partial charge on any atom is -0.355 e. The third-order valence-electron chi connectivity index (χ3n) is 3.73. The van der Waals surface area contributed by atoms with Crippen molar-refractivity contribution in [2.75, 3.05) is 11.9 Å². The van der Waals surface area contributed by atoms with Gasteiger partial charge in [0.25, 0.3) is 0 Å². The second-order valence-electron chi connectivity index (χ2n) is 5.99. The topological polar surface area (TPSA) is 78.0 Å². The zero-order chi connectivity index (χ0) is 17.5. The third kappa shape index (κ3) is 4.85. The molecule has 0 aliphatic heterocycles. The molecule has 1 aromatic heterocycles. The van der Waals surface area contributed by atoms with Gasteiger partial charge in [0.1, 0.15) is 0 Å². The van der Waals surface area contributed by atoms with Gasteiger partial charge in [0, 0.05) is 25.0 Å². The number of rotatable bonds is 5. The van der Waals surface area contributed by atoms with E-state index >= 15 is 0 Å². The maximum absolute atomic E-state index is 8.90. The number of nitrogens with one attached hydrogen (secondary N) is 2. The normalized spacial score (nSPS) is 11.2. The molecule has 1 heterocycles. The van der Waals surface area contributed by atoms with E-state index in [2.05, 4.69) is 44.2 Å². The van der Waals surface area contributed by atoms with Crippen LogP contribution in [-0.4, -0.2) is 22.1 Å². The van der Waals surface area contributed by atoms with Gasteiger partial charge in [0.15, 0.2) is 0 Å². The van der Waals surface area contributed by atoms with Crippen molar-refractivity contribution in [3.63, 3.8) is 0 Å². The van der Waals surface area contributed by atoms with E-state index in [0.717, 1.165) is 35.5 Å². The van der Waals surface area contributed by atoms with Crippen LogP contribution in [0.5, 0.6) is 0 Å². The van der Waals surface area contributed by atoms with Crippen molar-refractivity contribution >= 4 is 11.6 Å². The number of hydrogen-bond acceptors (Lipinski definition) is 3. The minimum absolute atomic E-state index is 0.481. The lowest BCUT2D eigenvalue weighted by molar-refractivity contribution is 0.630.